The van der Waals surface area contributed by atoms with Gasteiger partial charge in [0, 0.05) is 24.4 Å². The highest BCUT2D eigenvalue weighted by Crippen LogP contribution is 2.00. The number of rotatable bonds is 2. The predicted octanol–water partition coefficient (Wildman–Crippen LogP) is -0.0856. The first-order chi connectivity index (χ1) is 6.74. The Bertz CT molecular complexity index is 391. The van der Waals surface area contributed by atoms with E-state index in [0.717, 1.165) is 0 Å². The number of hydrogen-bond donors (Lipinski definition) is 2. The van der Waals surface area contributed by atoms with Gasteiger partial charge in [-0.3, -0.25) is 9.78 Å². The fraction of sp³-hybridized carbons (Fsp3) is 0.200. The lowest BCUT2D eigenvalue weighted by molar-refractivity contribution is 0.1000. The van der Waals surface area contributed by atoms with E-state index in [2.05, 4.69) is 16.8 Å². The van der Waals surface area contributed by atoms with Crippen LogP contribution in [0.5, 0.6) is 0 Å². The molecule has 3 N–H and O–H groups in total. The van der Waals surface area contributed by atoms with Crippen molar-refractivity contribution in [2.45, 2.75) is 6.42 Å². The number of aliphatic hydroxyl groups is 1. The molecule has 0 radical (unpaired) electrons. The molecule has 72 valence electrons. The molecule has 0 bridgehead atoms. The Morgan fingerprint density at radius 2 is 2.36 bits per heavy atom. The first kappa shape index (κ1) is 10.2. The van der Waals surface area contributed by atoms with Gasteiger partial charge in [-0.05, 0) is 6.07 Å². The summed E-state index contributed by atoms with van der Waals surface area (Å²) in [6.07, 6.45) is 3.33. The van der Waals surface area contributed by atoms with Crippen LogP contribution in [-0.2, 0) is 0 Å². The molecule has 4 nitrogen and oxygen atoms in total. The van der Waals surface area contributed by atoms with E-state index in [1.54, 1.807) is 6.07 Å². The van der Waals surface area contributed by atoms with Gasteiger partial charge in [-0.1, -0.05) is 11.8 Å². The zero-order valence-corrected chi connectivity index (χ0v) is 7.53. The maximum atomic E-state index is 10.8. The molecule has 0 spiro atoms. The molecule has 0 unspecified atom stereocenters. The summed E-state index contributed by atoms with van der Waals surface area (Å²) in [5, 5.41) is 8.49. The van der Waals surface area contributed by atoms with Gasteiger partial charge in [0.1, 0.15) is 0 Å². The van der Waals surface area contributed by atoms with Crippen LogP contribution < -0.4 is 5.73 Å². The summed E-state index contributed by atoms with van der Waals surface area (Å²) in [6.45, 7) is 0.0237. The van der Waals surface area contributed by atoms with E-state index in [1.807, 2.05) is 0 Å². The number of aromatic nitrogens is 1. The van der Waals surface area contributed by atoms with Gasteiger partial charge in [-0.25, -0.2) is 0 Å². The number of primary amides is 1. The molecule has 1 aromatic heterocycles. The number of aliphatic hydroxyl groups excluding tert-OH is 1. The number of carbonyl (C=O) groups excluding carboxylic acids is 1. The number of amides is 1. The molecule has 0 aliphatic carbocycles. The molecule has 0 fully saturated rings. The van der Waals surface area contributed by atoms with Crippen molar-refractivity contribution in [3.63, 3.8) is 0 Å². The van der Waals surface area contributed by atoms with E-state index in [4.69, 9.17) is 10.8 Å². The normalized spacial score (nSPS) is 8.93. The van der Waals surface area contributed by atoms with Crippen LogP contribution in [0.1, 0.15) is 22.3 Å². The largest absolute Gasteiger partial charge is 0.395 e. The third-order valence-corrected chi connectivity index (χ3v) is 1.49. The molecule has 0 saturated heterocycles. The van der Waals surface area contributed by atoms with Gasteiger partial charge < -0.3 is 10.8 Å². The van der Waals surface area contributed by atoms with Crippen molar-refractivity contribution in [2.75, 3.05) is 6.61 Å². The summed E-state index contributed by atoms with van der Waals surface area (Å²) in [4.78, 5) is 14.6. The minimum Gasteiger partial charge on any atom is -0.395 e. The Morgan fingerprint density at radius 1 is 1.57 bits per heavy atom. The average molecular weight is 190 g/mol. The molecule has 1 aromatic rings. The highest BCUT2D eigenvalue weighted by molar-refractivity contribution is 5.92. The van der Waals surface area contributed by atoms with Crippen molar-refractivity contribution in [1.29, 1.82) is 0 Å². The van der Waals surface area contributed by atoms with Crippen LogP contribution in [0.4, 0.5) is 0 Å². The fourth-order valence-corrected chi connectivity index (χ4v) is 0.864. The second kappa shape index (κ2) is 5.00. The molecule has 0 aromatic carbocycles. The number of hydrogen-bond acceptors (Lipinski definition) is 3. The molecule has 14 heavy (non-hydrogen) atoms. The van der Waals surface area contributed by atoms with Crippen LogP contribution in [0.15, 0.2) is 18.5 Å². The van der Waals surface area contributed by atoms with Gasteiger partial charge in [-0.15, -0.1) is 0 Å². The molecule has 0 aliphatic rings. The number of carbonyl (C=O) groups is 1. The maximum Gasteiger partial charge on any atom is 0.250 e. The van der Waals surface area contributed by atoms with Crippen molar-refractivity contribution >= 4 is 5.91 Å². The molecule has 0 aliphatic heterocycles. The third kappa shape index (κ3) is 2.88. The van der Waals surface area contributed by atoms with Crippen molar-refractivity contribution in [3.8, 4) is 11.8 Å². The summed E-state index contributed by atoms with van der Waals surface area (Å²) >= 11 is 0. The van der Waals surface area contributed by atoms with Crippen molar-refractivity contribution in [2.24, 2.45) is 5.73 Å². The van der Waals surface area contributed by atoms with Crippen LogP contribution >= 0.6 is 0 Å². The van der Waals surface area contributed by atoms with Gasteiger partial charge in [0.15, 0.2) is 0 Å². The van der Waals surface area contributed by atoms with Crippen LogP contribution in [-0.4, -0.2) is 22.6 Å². The van der Waals surface area contributed by atoms with Gasteiger partial charge in [0.25, 0.3) is 0 Å². The first-order valence-corrected chi connectivity index (χ1v) is 4.08. The number of nitrogens with two attached hydrogens (primary N) is 1. The fourth-order valence-electron chi connectivity index (χ4n) is 0.864. The van der Waals surface area contributed by atoms with Crippen LogP contribution in [0.25, 0.3) is 0 Å². The van der Waals surface area contributed by atoms with E-state index in [-0.39, 0.29) is 6.61 Å². The van der Waals surface area contributed by atoms with Crippen LogP contribution in [0.2, 0.25) is 0 Å². The van der Waals surface area contributed by atoms with Gasteiger partial charge >= 0.3 is 0 Å². The SMILES string of the molecule is NC(=O)c1cncc(C#CCCO)c1. The molecule has 4 heteroatoms. The van der Waals surface area contributed by atoms with Gasteiger partial charge in [0.05, 0.1) is 12.2 Å². The predicted molar refractivity (Wildman–Crippen MR) is 51.3 cm³/mol. The summed E-state index contributed by atoms with van der Waals surface area (Å²) in [5.74, 6) is 4.96. The summed E-state index contributed by atoms with van der Waals surface area (Å²) in [7, 11) is 0. The minimum absolute atomic E-state index is 0.0237. The average Bonchev–Trinajstić information content (AvgIpc) is 2.19. The molecular formula is C10H10N2O2. The Balaban J connectivity index is 2.85. The van der Waals surface area contributed by atoms with Crippen molar-refractivity contribution < 1.29 is 9.90 Å². The Hall–Kier alpha value is -1.86. The zero-order chi connectivity index (χ0) is 10.4. The number of pyridine rings is 1. The minimum atomic E-state index is -0.525. The van der Waals surface area contributed by atoms with E-state index >= 15 is 0 Å². The molecule has 0 saturated carbocycles. The summed E-state index contributed by atoms with van der Waals surface area (Å²) in [6, 6.07) is 1.57. The second-order valence-electron chi connectivity index (χ2n) is 2.60. The van der Waals surface area contributed by atoms with Crippen molar-refractivity contribution in [3.05, 3.63) is 29.6 Å². The topological polar surface area (TPSA) is 76.2 Å². The zero-order valence-electron chi connectivity index (χ0n) is 7.53. The van der Waals surface area contributed by atoms with Crippen LogP contribution in [0.3, 0.4) is 0 Å². The molecule has 1 heterocycles. The lowest BCUT2D eigenvalue weighted by Crippen LogP contribution is -2.11. The highest BCUT2D eigenvalue weighted by Gasteiger charge is 1.99. The van der Waals surface area contributed by atoms with E-state index in [0.29, 0.717) is 17.5 Å². The standard InChI is InChI=1S/C10H10N2O2/c11-10(14)9-5-8(6-12-7-9)3-1-2-4-13/h5-7,13H,2,4H2,(H2,11,14). The monoisotopic (exact) mass is 190 g/mol. The lowest BCUT2D eigenvalue weighted by atomic mass is 10.2. The van der Waals surface area contributed by atoms with Gasteiger partial charge in [0.2, 0.25) is 5.91 Å². The molecule has 1 rings (SSSR count). The maximum absolute atomic E-state index is 10.8. The van der Waals surface area contributed by atoms with E-state index < -0.39 is 5.91 Å². The Kier molecular flexibility index (Phi) is 3.65. The van der Waals surface area contributed by atoms with E-state index in [1.165, 1.54) is 12.4 Å². The van der Waals surface area contributed by atoms with E-state index in [9.17, 15) is 4.79 Å². The molecular weight excluding hydrogens is 180 g/mol. The quantitative estimate of drug-likeness (QED) is 0.640. The second-order valence-corrected chi connectivity index (χ2v) is 2.60. The smallest absolute Gasteiger partial charge is 0.250 e. The summed E-state index contributed by atoms with van der Waals surface area (Å²) in [5.41, 5.74) is 6.02. The lowest BCUT2D eigenvalue weighted by Gasteiger charge is -1.94. The third-order valence-electron chi connectivity index (χ3n) is 1.49. The Labute approximate surface area is 81.8 Å². The number of nitrogens with zero attached hydrogens (tertiary/aromatic N) is 1. The van der Waals surface area contributed by atoms with Gasteiger partial charge in [-0.2, -0.15) is 0 Å². The van der Waals surface area contributed by atoms with Crippen molar-refractivity contribution in [1.82, 2.24) is 4.98 Å². The summed E-state index contributed by atoms with van der Waals surface area (Å²) < 4.78 is 0. The first-order valence-electron chi connectivity index (χ1n) is 4.08. The molecule has 1 amide bonds. The molecule has 0 atom stereocenters. The Morgan fingerprint density at radius 3 is 3.00 bits per heavy atom. The van der Waals surface area contributed by atoms with Crippen LogP contribution in [0, 0.1) is 11.8 Å². The highest BCUT2D eigenvalue weighted by atomic mass is 16.2.